The van der Waals surface area contributed by atoms with Crippen LogP contribution in [0.4, 0.5) is 29.3 Å². The van der Waals surface area contributed by atoms with Gasteiger partial charge in [0.05, 0.1) is 5.69 Å². The van der Waals surface area contributed by atoms with Gasteiger partial charge in [-0.3, -0.25) is 0 Å². The minimum atomic E-state index is -0.796. The molecule has 2 aromatic rings. The van der Waals surface area contributed by atoms with Gasteiger partial charge in [0.25, 0.3) is 0 Å². The highest BCUT2D eigenvalue weighted by atomic mass is 19.1. The highest BCUT2D eigenvalue weighted by Crippen LogP contribution is 2.16. The molecule has 2 N–H and O–H groups in total. The van der Waals surface area contributed by atoms with E-state index >= 15 is 0 Å². The van der Waals surface area contributed by atoms with Gasteiger partial charge in [-0.15, -0.1) is 0 Å². The lowest BCUT2D eigenvalue weighted by Crippen LogP contribution is -2.20. The lowest BCUT2D eigenvalue weighted by atomic mass is 10.3. The van der Waals surface area contributed by atoms with E-state index in [1.807, 2.05) is 0 Å². The van der Waals surface area contributed by atoms with E-state index in [0.29, 0.717) is 0 Å². The second-order valence-electron chi connectivity index (χ2n) is 3.71. The molecule has 0 aliphatic heterocycles. The molecule has 98 valence electrons. The molecule has 0 atom stereocenters. The molecule has 2 amide bonds. The molecule has 0 aromatic heterocycles. The van der Waals surface area contributed by atoms with Crippen LogP contribution in [0.2, 0.25) is 0 Å². The SMILES string of the molecule is O=C(Nc1cccc(F)c1)Nc1cc(F)ccc1F. The van der Waals surface area contributed by atoms with Crippen LogP contribution in [0.15, 0.2) is 42.5 Å². The fraction of sp³-hybridized carbons (Fsp3) is 0. The summed E-state index contributed by atoms with van der Waals surface area (Å²) in [7, 11) is 0. The third-order valence-electron chi connectivity index (χ3n) is 2.26. The normalized spacial score (nSPS) is 10.1. The first-order valence-electron chi connectivity index (χ1n) is 5.33. The van der Waals surface area contributed by atoms with Crippen molar-refractivity contribution in [2.75, 3.05) is 10.6 Å². The quantitative estimate of drug-likeness (QED) is 0.854. The number of halogens is 3. The highest BCUT2D eigenvalue weighted by Gasteiger charge is 2.08. The summed E-state index contributed by atoms with van der Waals surface area (Å²) in [4.78, 5) is 11.5. The summed E-state index contributed by atoms with van der Waals surface area (Å²) in [5, 5.41) is 4.43. The number of urea groups is 1. The highest BCUT2D eigenvalue weighted by molar-refractivity contribution is 5.99. The number of carbonyl (C=O) groups is 1. The van der Waals surface area contributed by atoms with Gasteiger partial charge in [0, 0.05) is 11.8 Å². The average Bonchev–Trinajstić information content (AvgIpc) is 2.34. The van der Waals surface area contributed by atoms with E-state index in [1.165, 1.54) is 18.2 Å². The van der Waals surface area contributed by atoms with Crippen LogP contribution < -0.4 is 10.6 Å². The van der Waals surface area contributed by atoms with Crippen molar-refractivity contribution in [1.29, 1.82) is 0 Å². The Kier molecular flexibility index (Phi) is 3.70. The molecule has 0 aliphatic rings. The lowest BCUT2D eigenvalue weighted by Gasteiger charge is -2.08. The van der Waals surface area contributed by atoms with Gasteiger partial charge < -0.3 is 10.6 Å². The maximum Gasteiger partial charge on any atom is 0.323 e. The van der Waals surface area contributed by atoms with Crippen LogP contribution in [-0.2, 0) is 0 Å². The van der Waals surface area contributed by atoms with Gasteiger partial charge in [-0.05, 0) is 30.3 Å². The smallest absolute Gasteiger partial charge is 0.308 e. The van der Waals surface area contributed by atoms with Crippen LogP contribution in [0.3, 0.4) is 0 Å². The molecule has 0 unspecified atom stereocenters. The summed E-state index contributed by atoms with van der Waals surface area (Å²) in [6.45, 7) is 0. The van der Waals surface area contributed by atoms with Gasteiger partial charge in [0.2, 0.25) is 0 Å². The first kappa shape index (κ1) is 12.9. The summed E-state index contributed by atoms with van der Waals surface area (Å²) >= 11 is 0. The Morgan fingerprint density at radius 2 is 1.63 bits per heavy atom. The molecule has 0 spiro atoms. The van der Waals surface area contributed by atoms with E-state index in [0.717, 1.165) is 24.3 Å². The molecule has 19 heavy (non-hydrogen) atoms. The van der Waals surface area contributed by atoms with Gasteiger partial charge >= 0.3 is 6.03 Å². The first-order valence-corrected chi connectivity index (χ1v) is 5.33. The van der Waals surface area contributed by atoms with E-state index in [2.05, 4.69) is 10.6 Å². The van der Waals surface area contributed by atoms with Crippen LogP contribution in [0, 0.1) is 17.5 Å². The number of nitrogens with one attached hydrogen (secondary N) is 2. The Balaban J connectivity index is 2.07. The van der Waals surface area contributed by atoms with Crippen molar-refractivity contribution in [3.8, 4) is 0 Å². The standard InChI is InChI=1S/C13H9F3N2O/c14-8-2-1-3-10(6-8)17-13(19)18-12-7-9(15)4-5-11(12)16/h1-7H,(H2,17,18,19). The predicted octanol–water partition coefficient (Wildman–Crippen LogP) is 3.75. The number of carbonyl (C=O) groups excluding carboxylic acids is 1. The molecule has 2 aromatic carbocycles. The molecular weight excluding hydrogens is 257 g/mol. The van der Waals surface area contributed by atoms with Crippen LogP contribution in [0.25, 0.3) is 0 Å². The predicted molar refractivity (Wildman–Crippen MR) is 65.4 cm³/mol. The molecule has 0 saturated heterocycles. The molecule has 0 radical (unpaired) electrons. The molecule has 0 fully saturated rings. The van der Waals surface area contributed by atoms with Crippen molar-refractivity contribution in [1.82, 2.24) is 0 Å². The maximum absolute atomic E-state index is 13.3. The number of anilines is 2. The first-order chi connectivity index (χ1) is 9.04. The molecule has 0 bridgehead atoms. The van der Waals surface area contributed by atoms with Gasteiger partial charge in [0.15, 0.2) is 0 Å². The second-order valence-corrected chi connectivity index (χ2v) is 3.71. The van der Waals surface area contributed by atoms with Crippen molar-refractivity contribution in [3.63, 3.8) is 0 Å². The van der Waals surface area contributed by atoms with Gasteiger partial charge in [-0.2, -0.15) is 0 Å². The minimum Gasteiger partial charge on any atom is -0.308 e. The Morgan fingerprint density at radius 3 is 2.37 bits per heavy atom. The van der Waals surface area contributed by atoms with Crippen LogP contribution >= 0.6 is 0 Å². The monoisotopic (exact) mass is 266 g/mol. The Hall–Kier alpha value is -2.50. The van der Waals surface area contributed by atoms with Crippen molar-refractivity contribution in [2.24, 2.45) is 0 Å². The summed E-state index contributed by atoms with van der Waals surface area (Å²) in [5.41, 5.74) is -0.0942. The Morgan fingerprint density at radius 1 is 0.895 bits per heavy atom. The van der Waals surface area contributed by atoms with Gasteiger partial charge in [-0.25, -0.2) is 18.0 Å². The number of rotatable bonds is 2. The molecule has 2 rings (SSSR count). The molecule has 0 aliphatic carbocycles. The number of hydrogen-bond acceptors (Lipinski definition) is 1. The Labute approximate surface area is 107 Å². The molecular formula is C13H9F3N2O. The van der Waals surface area contributed by atoms with Gasteiger partial charge in [-0.1, -0.05) is 6.07 Å². The number of amides is 2. The molecule has 3 nitrogen and oxygen atoms in total. The van der Waals surface area contributed by atoms with Gasteiger partial charge in [0.1, 0.15) is 17.5 Å². The van der Waals surface area contributed by atoms with E-state index in [4.69, 9.17) is 0 Å². The van der Waals surface area contributed by atoms with Crippen molar-refractivity contribution >= 4 is 17.4 Å². The molecule has 6 heteroatoms. The average molecular weight is 266 g/mol. The number of hydrogen-bond donors (Lipinski definition) is 2. The second kappa shape index (κ2) is 5.43. The van der Waals surface area contributed by atoms with E-state index in [9.17, 15) is 18.0 Å². The molecule has 0 saturated carbocycles. The van der Waals surface area contributed by atoms with Crippen molar-refractivity contribution in [3.05, 3.63) is 59.9 Å². The Bertz CT molecular complexity index is 617. The van der Waals surface area contributed by atoms with E-state index < -0.39 is 23.5 Å². The fourth-order valence-electron chi connectivity index (χ4n) is 1.44. The van der Waals surface area contributed by atoms with Crippen LogP contribution in [-0.4, -0.2) is 6.03 Å². The summed E-state index contributed by atoms with van der Waals surface area (Å²) in [6.07, 6.45) is 0. The third kappa shape index (κ3) is 3.48. The zero-order valence-corrected chi connectivity index (χ0v) is 9.58. The van der Waals surface area contributed by atoms with Crippen LogP contribution in [0.1, 0.15) is 0 Å². The van der Waals surface area contributed by atoms with Crippen LogP contribution in [0.5, 0.6) is 0 Å². The largest absolute Gasteiger partial charge is 0.323 e. The summed E-state index contributed by atoms with van der Waals surface area (Å²) < 4.78 is 39.0. The zero-order valence-electron chi connectivity index (χ0n) is 9.58. The van der Waals surface area contributed by atoms with E-state index in [-0.39, 0.29) is 11.4 Å². The zero-order chi connectivity index (χ0) is 13.8. The summed E-state index contributed by atoms with van der Waals surface area (Å²) in [6, 6.07) is 7.07. The molecule has 0 heterocycles. The van der Waals surface area contributed by atoms with Crippen molar-refractivity contribution in [2.45, 2.75) is 0 Å². The maximum atomic E-state index is 13.3. The van der Waals surface area contributed by atoms with Crippen molar-refractivity contribution < 1.29 is 18.0 Å². The lowest BCUT2D eigenvalue weighted by molar-refractivity contribution is 0.262. The topological polar surface area (TPSA) is 41.1 Å². The fourth-order valence-corrected chi connectivity index (χ4v) is 1.44. The van der Waals surface area contributed by atoms with E-state index in [1.54, 1.807) is 0 Å². The summed E-state index contributed by atoms with van der Waals surface area (Å²) in [5.74, 6) is -1.96. The third-order valence-corrected chi connectivity index (χ3v) is 2.26. The minimum absolute atomic E-state index is 0.203. The number of benzene rings is 2.